The second-order valence-electron chi connectivity index (χ2n) is 6.05. The van der Waals surface area contributed by atoms with Gasteiger partial charge in [-0.05, 0) is 45.6 Å². The van der Waals surface area contributed by atoms with Crippen LogP contribution in [0.1, 0.15) is 46.0 Å². The molecule has 1 unspecified atom stereocenters. The molecule has 0 aromatic rings. The maximum atomic E-state index is 12.7. The number of amides is 1. The van der Waals surface area contributed by atoms with Crippen molar-refractivity contribution in [2.24, 2.45) is 0 Å². The summed E-state index contributed by atoms with van der Waals surface area (Å²) in [4.78, 5) is 14.6. The van der Waals surface area contributed by atoms with Crippen LogP contribution in [0.3, 0.4) is 0 Å². The number of nitrogens with one attached hydrogen (secondary N) is 2. The fourth-order valence-corrected chi connectivity index (χ4v) is 4.19. The van der Waals surface area contributed by atoms with Crippen LogP contribution >= 0.6 is 0 Å². The van der Waals surface area contributed by atoms with E-state index in [2.05, 4.69) is 17.0 Å². The van der Waals surface area contributed by atoms with Gasteiger partial charge in [0, 0.05) is 19.1 Å². The number of nitrogens with zero attached hydrogens (tertiary/aromatic N) is 1. The molecule has 0 saturated carbocycles. The Morgan fingerprint density at radius 2 is 2.00 bits per heavy atom. The smallest absolute Gasteiger partial charge is 0.242 e. The Bertz CT molecular complexity index is 464. The summed E-state index contributed by atoms with van der Waals surface area (Å²) in [6, 6.07) is -0.0342. The first-order valence-electron chi connectivity index (χ1n) is 7.97. The molecule has 0 aliphatic carbocycles. The first kappa shape index (κ1) is 16.7. The van der Waals surface area contributed by atoms with Crippen molar-refractivity contribution in [1.82, 2.24) is 14.9 Å². The normalized spacial score (nSPS) is 28.0. The third-order valence-corrected chi connectivity index (χ3v) is 6.22. The highest BCUT2D eigenvalue weighted by Gasteiger charge is 2.42. The lowest BCUT2D eigenvalue weighted by Gasteiger charge is -2.38. The summed E-state index contributed by atoms with van der Waals surface area (Å²) in [6.45, 7) is 5.88. The second kappa shape index (κ2) is 6.62. The van der Waals surface area contributed by atoms with E-state index in [0.29, 0.717) is 25.9 Å². The number of carbonyl (C=O) groups excluding carboxylic acids is 1. The van der Waals surface area contributed by atoms with E-state index in [4.69, 9.17) is 0 Å². The molecule has 0 bridgehead atoms. The van der Waals surface area contributed by atoms with Crippen molar-refractivity contribution in [3.8, 4) is 0 Å². The summed E-state index contributed by atoms with van der Waals surface area (Å²) in [6.07, 6.45) is 4.17. The number of sulfonamides is 1. The molecule has 1 amide bonds. The van der Waals surface area contributed by atoms with Crippen molar-refractivity contribution in [3.05, 3.63) is 0 Å². The van der Waals surface area contributed by atoms with Gasteiger partial charge in [-0.25, -0.2) is 13.1 Å². The van der Waals surface area contributed by atoms with E-state index >= 15 is 0 Å². The summed E-state index contributed by atoms with van der Waals surface area (Å²) >= 11 is 0. The van der Waals surface area contributed by atoms with Gasteiger partial charge in [0.1, 0.15) is 0 Å². The summed E-state index contributed by atoms with van der Waals surface area (Å²) < 4.78 is 25.9. The van der Waals surface area contributed by atoms with Gasteiger partial charge in [0.2, 0.25) is 15.9 Å². The van der Waals surface area contributed by atoms with E-state index in [0.717, 1.165) is 25.8 Å². The lowest BCUT2D eigenvalue weighted by Crippen LogP contribution is -2.57. The molecule has 0 aromatic carbocycles. The van der Waals surface area contributed by atoms with Crippen LogP contribution in [0.15, 0.2) is 0 Å². The molecule has 122 valence electrons. The maximum absolute atomic E-state index is 12.7. The average molecular weight is 317 g/mol. The first-order chi connectivity index (χ1) is 9.92. The molecule has 21 heavy (non-hydrogen) atoms. The highest BCUT2D eigenvalue weighted by molar-refractivity contribution is 7.89. The fraction of sp³-hybridized carbons (Fsp3) is 0.929. The predicted molar refractivity (Wildman–Crippen MR) is 82.5 cm³/mol. The van der Waals surface area contributed by atoms with E-state index in [1.54, 1.807) is 6.92 Å². The zero-order chi connectivity index (χ0) is 15.5. The van der Waals surface area contributed by atoms with Crippen molar-refractivity contribution in [3.63, 3.8) is 0 Å². The molecular formula is C14H27N3O3S. The lowest BCUT2D eigenvalue weighted by atomic mass is 9.91. The highest BCUT2D eigenvalue weighted by Crippen LogP contribution is 2.27. The molecule has 2 heterocycles. The summed E-state index contributed by atoms with van der Waals surface area (Å²) in [5.74, 6) is 0.300. The van der Waals surface area contributed by atoms with Gasteiger partial charge in [-0.3, -0.25) is 4.79 Å². The van der Waals surface area contributed by atoms with Gasteiger partial charge in [0.05, 0.1) is 11.3 Å². The Kier molecular flexibility index (Phi) is 5.27. The maximum Gasteiger partial charge on any atom is 0.242 e. The molecular weight excluding hydrogens is 290 g/mol. The largest absolute Gasteiger partial charge is 0.341 e. The third kappa shape index (κ3) is 3.76. The van der Waals surface area contributed by atoms with E-state index in [1.807, 2.05) is 4.90 Å². The molecule has 7 heteroatoms. The summed E-state index contributed by atoms with van der Waals surface area (Å²) in [5.41, 5.74) is -0.379. The Hall–Kier alpha value is -0.660. The van der Waals surface area contributed by atoms with Gasteiger partial charge in [-0.1, -0.05) is 6.92 Å². The Morgan fingerprint density at radius 3 is 2.48 bits per heavy atom. The van der Waals surface area contributed by atoms with Crippen molar-refractivity contribution in [2.45, 2.75) is 57.5 Å². The van der Waals surface area contributed by atoms with E-state index in [-0.39, 0.29) is 23.2 Å². The third-order valence-electron chi connectivity index (χ3n) is 4.77. The van der Waals surface area contributed by atoms with Gasteiger partial charge >= 0.3 is 0 Å². The van der Waals surface area contributed by atoms with Crippen molar-refractivity contribution in [1.29, 1.82) is 0 Å². The molecule has 2 saturated heterocycles. The van der Waals surface area contributed by atoms with E-state index < -0.39 is 10.0 Å². The van der Waals surface area contributed by atoms with Crippen LogP contribution in [0.4, 0.5) is 0 Å². The van der Waals surface area contributed by atoms with Crippen LogP contribution in [-0.2, 0) is 14.8 Å². The minimum absolute atomic E-state index is 0.0342. The SMILES string of the molecule is CCC1(C(=O)N2CCC(NS(=O)(=O)CC)CC2)CCCN1. The highest BCUT2D eigenvalue weighted by atomic mass is 32.2. The molecule has 1 atom stereocenters. The second-order valence-corrected chi connectivity index (χ2v) is 8.10. The van der Waals surface area contributed by atoms with Gasteiger partial charge < -0.3 is 10.2 Å². The number of likely N-dealkylation sites (tertiary alicyclic amines) is 1. The molecule has 0 radical (unpaired) electrons. The number of piperidine rings is 1. The molecule has 6 nitrogen and oxygen atoms in total. The quantitative estimate of drug-likeness (QED) is 0.772. The lowest BCUT2D eigenvalue weighted by molar-refractivity contribution is -0.139. The predicted octanol–water partition coefficient (Wildman–Crippen LogP) is 0.449. The summed E-state index contributed by atoms with van der Waals surface area (Å²) in [5, 5.41) is 3.37. The molecule has 2 aliphatic heterocycles. The Labute approximate surface area is 127 Å². The number of hydrogen-bond donors (Lipinski definition) is 2. The van der Waals surface area contributed by atoms with Crippen LogP contribution in [0.25, 0.3) is 0 Å². The Balaban J connectivity index is 1.90. The Morgan fingerprint density at radius 1 is 1.33 bits per heavy atom. The van der Waals surface area contributed by atoms with Gasteiger partial charge in [-0.2, -0.15) is 0 Å². The topological polar surface area (TPSA) is 78.5 Å². The monoisotopic (exact) mass is 317 g/mol. The molecule has 2 fully saturated rings. The van der Waals surface area contributed by atoms with E-state index in [1.165, 1.54) is 0 Å². The van der Waals surface area contributed by atoms with Crippen LogP contribution in [-0.4, -0.2) is 56.2 Å². The van der Waals surface area contributed by atoms with Crippen LogP contribution in [0.5, 0.6) is 0 Å². The number of carbonyl (C=O) groups is 1. The minimum atomic E-state index is -3.16. The van der Waals surface area contributed by atoms with Crippen molar-refractivity contribution < 1.29 is 13.2 Å². The van der Waals surface area contributed by atoms with Crippen molar-refractivity contribution in [2.75, 3.05) is 25.4 Å². The number of rotatable bonds is 5. The van der Waals surface area contributed by atoms with Crippen LogP contribution in [0, 0.1) is 0 Å². The van der Waals surface area contributed by atoms with Gasteiger partial charge in [0.25, 0.3) is 0 Å². The van der Waals surface area contributed by atoms with Gasteiger partial charge in [-0.15, -0.1) is 0 Å². The standard InChI is InChI=1S/C14H27N3O3S/c1-3-14(8-5-9-15-14)13(18)17-10-6-12(7-11-17)16-21(19,20)4-2/h12,15-16H,3-11H2,1-2H3. The molecule has 2 N–H and O–H groups in total. The molecule has 0 aromatic heterocycles. The molecule has 0 spiro atoms. The summed E-state index contributed by atoms with van der Waals surface area (Å²) in [7, 11) is -3.16. The fourth-order valence-electron chi connectivity index (χ4n) is 3.28. The zero-order valence-corrected chi connectivity index (χ0v) is 13.8. The molecule has 2 rings (SSSR count). The number of hydrogen-bond acceptors (Lipinski definition) is 4. The van der Waals surface area contributed by atoms with Crippen molar-refractivity contribution >= 4 is 15.9 Å². The first-order valence-corrected chi connectivity index (χ1v) is 9.62. The van der Waals surface area contributed by atoms with E-state index in [9.17, 15) is 13.2 Å². The molecule has 2 aliphatic rings. The average Bonchev–Trinajstić information content (AvgIpc) is 2.97. The zero-order valence-electron chi connectivity index (χ0n) is 13.0. The minimum Gasteiger partial charge on any atom is -0.341 e. The van der Waals surface area contributed by atoms with Crippen LogP contribution < -0.4 is 10.0 Å². The van der Waals surface area contributed by atoms with Crippen LogP contribution in [0.2, 0.25) is 0 Å². The van der Waals surface area contributed by atoms with Gasteiger partial charge in [0.15, 0.2) is 0 Å².